The van der Waals surface area contributed by atoms with Gasteiger partial charge in [-0.2, -0.15) is 0 Å². The van der Waals surface area contributed by atoms with Crippen molar-refractivity contribution < 1.29 is 0 Å². The number of rotatable bonds is 3. The van der Waals surface area contributed by atoms with Gasteiger partial charge in [0.15, 0.2) is 0 Å². The van der Waals surface area contributed by atoms with Gasteiger partial charge >= 0.3 is 0 Å². The van der Waals surface area contributed by atoms with Gasteiger partial charge < -0.3 is 5.32 Å². The van der Waals surface area contributed by atoms with E-state index in [1.54, 1.807) is 0 Å². The molecule has 1 aliphatic carbocycles. The molecular formula is C16H32N2. The predicted molar refractivity (Wildman–Crippen MR) is 78.9 cm³/mol. The fraction of sp³-hybridized carbons (Fsp3) is 1.00. The Bertz CT molecular complexity index is 239. The Hall–Kier alpha value is -0.0800. The number of hydrogen-bond acceptors (Lipinski definition) is 2. The van der Waals surface area contributed by atoms with Gasteiger partial charge in [0, 0.05) is 18.6 Å². The summed E-state index contributed by atoms with van der Waals surface area (Å²) < 4.78 is 0. The van der Waals surface area contributed by atoms with Gasteiger partial charge in [0.25, 0.3) is 0 Å². The molecule has 1 N–H and O–H groups in total. The van der Waals surface area contributed by atoms with Gasteiger partial charge in [-0.15, -0.1) is 0 Å². The maximum absolute atomic E-state index is 3.75. The van der Waals surface area contributed by atoms with Crippen molar-refractivity contribution in [1.29, 1.82) is 0 Å². The smallest absolute Gasteiger partial charge is 0.0197 e. The van der Waals surface area contributed by atoms with Crippen LogP contribution in [0.15, 0.2) is 0 Å². The van der Waals surface area contributed by atoms with Crippen molar-refractivity contribution in [2.45, 2.75) is 71.4 Å². The first-order chi connectivity index (χ1) is 8.65. The van der Waals surface area contributed by atoms with Gasteiger partial charge in [-0.1, -0.05) is 33.6 Å². The molecule has 1 heterocycles. The molecule has 2 aliphatic rings. The van der Waals surface area contributed by atoms with Crippen molar-refractivity contribution in [2.24, 2.45) is 11.8 Å². The zero-order valence-corrected chi connectivity index (χ0v) is 12.6. The maximum atomic E-state index is 3.75. The van der Waals surface area contributed by atoms with E-state index in [0.29, 0.717) is 0 Å². The van der Waals surface area contributed by atoms with Crippen LogP contribution in [0, 0.1) is 11.8 Å². The molecule has 2 rings (SSSR count). The van der Waals surface area contributed by atoms with Crippen molar-refractivity contribution >= 4 is 0 Å². The monoisotopic (exact) mass is 252 g/mol. The quantitative estimate of drug-likeness (QED) is 0.829. The zero-order chi connectivity index (χ0) is 13.0. The van der Waals surface area contributed by atoms with Gasteiger partial charge in [-0.05, 0) is 50.6 Å². The van der Waals surface area contributed by atoms with Crippen LogP contribution in [0.3, 0.4) is 0 Å². The second-order valence-electron chi connectivity index (χ2n) is 7.05. The molecule has 3 atom stereocenters. The van der Waals surface area contributed by atoms with E-state index in [4.69, 9.17) is 0 Å². The minimum absolute atomic E-state index is 0.727. The van der Waals surface area contributed by atoms with Crippen molar-refractivity contribution in [3.8, 4) is 0 Å². The summed E-state index contributed by atoms with van der Waals surface area (Å²) in [6.45, 7) is 11.0. The summed E-state index contributed by atoms with van der Waals surface area (Å²) in [7, 11) is 0. The third-order valence-electron chi connectivity index (χ3n) is 4.69. The molecular weight excluding hydrogens is 220 g/mol. The molecule has 0 aromatic rings. The molecule has 1 saturated heterocycles. The number of nitrogens with one attached hydrogen (secondary N) is 1. The highest BCUT2D eigenvalue weighted by Gasteiger charge is 2.27. The molecule has 0 spiro atoms. The number of nitrogens with zero attached hydrogens (tertiary/aromatic N) is 1. The Morgan fingerprint density at radius 2 is 2.06 bits per heavy atom. The van der Waals surface area contributed by atoms with E-state index in [9.17, 15) is 0 Å². The molecule has 3 unspecified atom stereocenters. The third-order valence-corrected chi connectivity index (χ3v) is 4.69. The second kappa shape index (κ2) is 6.91. The summed E-state index contributed by atoms with van der Waals surface area (Å²) in [6, 6.07) is 1.60. The van der Waals surface area contributed by atoms with Crippen LogP contribution >= 0.6 is 0 Å². The summed E-state index contributed by atoms with van der Waals surface area (Å²) in [5.74, 6) is 1.76. The average Bonchev–Trinajstić information content (AvgIpc) is 2.54. The van der Waals surface area contributed by atoms with Crippen molar-refractivity contribution in [3.05, 3.63) is 0 Å². The van der Waals surface area contributed by atoms with E-state index in [2.05, 4.69) is 31.0 Å². The summed E-state index contributed by atoms with van der Waals surface area (Å²) in [6.07, 6.45) is 8.45. The van der Waals surface area contributed by atoms with Crippen LogP contribution in [0.1, 0.15) is 59.3 Å². The lowest BCUT2D eigenvalue weighted by molar-refractivity contribution is 0.129. The van der Waals surface area contributed by atoms with E-state index < -0.39 is 0 Å². The lowest BCUT2D eigenvalue weighted by Crippen LogP contribution is -2.44. The van der Waals surface area contributed by atoms with Crippen LogP contribution in [0.5, 0.6) is 0 Å². The highest BCUT2D eigenvalue weighted by atomic mass is 15.2. The largest absolute Gasteiger partial charge is 0.313 e. The van der Waals surface area contributed by atoms with Crippen LogP contribution in [-0.2, 0) is 0 Å². The Kier molecular flexibility index (Phi) is 5.50. The van der Waals surface area contributed by atoms with E-state index in [-0.39, 0.29) is 0 Å². The molecule has 1 saturated carbocycles. The van der Waals surface area contributed by atoms with E-state index in [1.807, 2.05) is 0 Å². The molecule has 18 heavy (non-hydrogen) atoms. The highest BCUT2D eigenvalue weighted by molar-refractivity contribution is 4.84. The first kappa shape index (κ1) is 14.3. The highest BCUT2D eigenvalue weighted by Crippen LogP contribution is 2.28. The number of hydrogen-bond donors (Lipinski definition) is 1. The normalized spacial score (nSPS) is 35.7. The van der Waals surface area contributed by atoms with Gasteiger partial charge in [0.05, 0.1) is 0 Å². The molecule has 2 heteroatoms. The van der Waals surface area contributed by atoms with Gasteiger partial charge in [0.2, 0.25) is 0 Å². The Labute approximate surface area is 114 Å². The molecule has 0 aromatic carbocycles. The predicted octanol–water partition coefficient (Wildman–Crippen LogP) is 3.28. The van der Waals surface area contributed by atoms with E-state index >= 15 is 0 Å². The topological polar surface area (TPSA) is 15.3 Å². The van der Waals surface area contributed by atoms with Crippen LogP contribution in [0.25, 0.3) is 0 Å². The molecule has 0 radical (unpaired) electrons. The maximum Gasteiger partial charge on any atom is 0.0197 e. The van der Waals surface area contributed by atoms with Gasteiger partial charge in [-0.3, -0.25) is 4.90 Å². The molecule has 0 aromatic heterocycles. The first-order valence-corrected chi connectivity index (χ1v) is 8.12. The molecule has 2 fully saturated rings. The first-order valence-electron chi connectivity index (χ1n) is 8.12. The van der Waals surface area contributed by atoms with Crippen LogP contribution in [-0.4, -0.2) is 36.6 Å². The van der Waals surface area contributed by atoms with E-state index in [0.717, 1.165) is 23.9 Å². The Morgan fingerprint density at radius 3 is 2.78 bits per heavy atom. The molecule has 2 nitrogen and oxygen atoms in total. The van der Waals surface area contributed by atoms with Crippen LogP contribution in [0.4, 0.5) is 0 Å². The average molecular weight is 252 g/mol. The zero-order valence-electron chi connectivity index (χ0n) is 12.6. The van der Waals surface area contributed by atoms with Gasteiger partial charge in [-0.25, -0.2) is 0 Å². The standard InChI is InChI=1S/C16H32N2/c1-13(2)10-15-12-18(9-5-8-17-15)16-7-4-6-14(3)11-16/h13-17H,4-12H2,1-3H3. The Balaban J connectivity index is 1.89. The Morgan fingerprint density at radius 1 is 1.22 bits per heavy atom. The summed E-state index contributed by atoms with van der Waals surface area (Å²) >= 11 is 0. The van der Waals surface area contributed by atoms with Gasteiger partial charge in [0.1, 0.15) is 0 Å². The molecule has 0 bridgehead atoms. The van der Waals surface area contributed by atoms with Crippen LogP contribution < -0.4 is 5.32 Å². The van der Waals surface area contributed by atoms with Crippen molar-refractivity contribution in [3.63, 3.8) is 0 Å². The lowest BCUT2D eigenvalue weighted by atomic mass is 9.86. The molecule has 106 valence electrons. The lowest BCUT2D eigenvalue weighted by Gasteiger charge is -2.37. The fourth-order valence-corrected chi connectivity index (χ4v) is 3.82. The SMILES string of the molecule is CC(C)CC1CN(C2CCCC(C)C2)CCCN1. The summed E-state index contributed by atoms with van der Waals surface area (Å²) in [5, 5.41) is 3.75. The minimum atomic E-state index is 0.727. The minimum Gasteiger partial charge on any atom is -0.313 e. The second-order valence-corrected chi connectivity index (χ2v) is 7.05. The van der Waals surface area contributed by atoms with Crippen molar-refractivity contribution in [2.75, 3.05) is 19.6 Å². The fourth-order valence-electron chi connectivity index (χ4n) is 3.82. The van der Waals surface area contributed by atoms with Crippen LogP contribution in [0.2, 0.25) is 0 Å². The molecule has 0 amide bonds. The summed E-state index contributed by atoms with van der Waals surface area (Å²) in [5.41, 5.74) is 0. The van der Waals surface area contributed by atoms with Crippen molar-refractivity contribution in [1.82, 2.24) is 10.2 Å². The van der Waals surface area contributed by atoms with E-state index in [1.165, 1.54) is 58.2 Å². The third kappa shape index (κ3) is 4.24. The molecule has 1 aliphatic heterocycles. The summed E-state index contributed by atoms with van der Waals surface area (Å²) in [4.78, 5) is 2.81.